The van der Waals surface area contributed by atoms with E-state index in [1.54, 1.807) is 0 Å². The van der Waals surface area contributed by atoms with Gasteiger partial charge in [-0.25, -0.2) is 0 Å². The van der Waals surface area contributed by atoms with Crippen LogP contribution < -0.4 is 0 Å². The number of non-ortho nitro benzene ring substituents is 2. The molecule has 0 N–H and O–H groups in total. The first-order valence-electron chi connectivity index (χ1n) is 13.0. The highest BCUT2D eigenvalue weighted by atomic mass is 16.7. The van der Waals surface area contributed by atoms with Gasteiger partial charge >= 0.3 is 45.5 Å². The highest BCUT2D eigenvalue weighted by Crippen LogP contribution is 2.50. The quantitative estimate of drug-likeness (QED) is 0.118. The average Bonchev–Trinajstić information content (AvgIpc) is 3.04. The molecule has 0 aliphatic heterocycles. The van der Waals surface area contributed by atoms with Crippen molar-refractivity contribution in [2.75, 3.05) is 0 Å². The second-order valence-electron chi connectivity index (χ2n) is 9.51. The Balaban J connectivity index is 2.23. The first kappa shape index (κ1) is 34.6. The zero-order valence-electron chi connectivity index (χ0n) is 24.4. The predicted octanol–water partition coefficient (Wildman–Crippen LogP) is 6.75. The van der Waals surface area contributed by atoms with Gasteiger partial charge in [-0.1, -0.05) is 0 Å². The fourth-order valence-electron chi connectivity index (χ4n) is 4.67. The molecule has 0 unspecified atom stereocenters. The molecule has 28 heteroatoms. The Morgan fingerprint density at radius 3 is 0.558 bits per heavy atom. The van der Waals surface area contributed by atoms with Gasteiger partial charge in [0.15, 0.2) is 0 Å². The van der Waals surface area contributed by atoms with Gasteiger partial charge in [-0.2, -0.15) is 0 Å². The third-order valence-corrected chi connectivity index (χ3v) is 6.61. The SMILES string of the molecule is O=[N+]([O-])c1c([N+](=O)[O-])c2oc3ccc(cc3)oc3c([N+](=O)[O-])c([N+](=O)[O-])c([N+](=O)[O-])c(oc4ccc(cc4)oc(c1[N+](=O)[O-])c2[N+](=O)[O-])c3[N+](=O)[O-]. The minimum Gasteiger partial charge on any atom is -0.444 e. The molecule has 4 heterocycles. The number of nitro benzene ring substituents is 8. The zero-order valence-corrected chi connectivity index (χ0v) is 24.4. The van der Waals surface area contributed by atoms with Crippen molar-refractivity contribution in [3.8, 4) is 0 Å². The number of nitrogens with zero attached hydrogens (tertiary/aromatic N) is 8. The molecule has 8 bridgehead atoms. The Bertz CT molecular complexity index is 2310. The lowest BCUT2D eigenvalue weighted by molar-refractivity contribution is -0.441. The fourth-order valence-corrected chi connectivity index (χ4v) is 4.67. The van der Waals surface area contributed by atoms with E-state index in [0.717, 1.165) is 0 Å². The van der Waals surface area contributed by atoms with Crippen molar-refractivity contribution in [1.82, 2.24) is 0 Å². The van der Waals surface area contributed by atoms with Crippen LogP contribution in [0.1, 0.15) is 0 Å². The molecule has 0 aliphatic rings. The highest BCUT2D eigenvalue weighted by molar-refractivity contribution is 6.00. The predicted molar refractivity (Wildman–Crippen MR) is 163 cm³/mol. The van der Waals surface area contributed by atoms with Crippen molar-refractivity contribution in [3.05, 3.63) is 129 Å². The van der Waals surface area contributed by atoms with Gasteiger partial charge in [0.2, 0.25) is 0 Å². The van der Waals surface area contributed by atoms with Crippen LogP contribution in [0.5, 0.6) is 0 Å². The first-order valence-corrected chi connectivity index (χ1v) is 13.0. The Kier molecular flexibility index (Phi) is 8.46. The van der Waals surface area contributed by atoms with Crippen LogP contribution in [0.2, 0.25) is 0 Å². The van der Waals surface area contributed by atoms with E-state index in [1.165, 1.54) is 0 Å². The maximum absolute atomic E-state index is 12.3. The summed E-state index contributed by atoms with van der Waals surface area (Å²) in [4.78, 5) is 84.5. The summed E-state index contributed by atoms with van der Waals surface area (Å²) in [6.07, 6.45) is 0. The van der Waals surface area contributed by atoms with Gasteiger partial charge in [0, 0.05) is 0 Å². The summed E-state index contributed by atoms with van der Waals surface area (Å²) in [6, 6.07) is 5.72. The van der Waals surface area contributed by atoms with Crippen molar-refractivity contribution >= 4 is 90.2 Å². The topological polar surface area (TPSA) is 398 Å². The number of hydrogen-bond acceptors (Lipinski definition) is 20. The summed E-state index contributed by atoms with van der Waals surface area (Å²) in [5.74, 6) is 0. The van der Waals surface area contributed by atoms with E-state index in [1.807, 2.05) is 0 Å². The van der Waals surface area contributed by atoms with Gasteiger partial charge in [-0.15, -0.1) is 0 Å². The molecule has 264 valence electrons. The lowest BCUT2D eigenvalue weighted by Gasteiger charge is -2.03. The molecule has 0 saturated heterocycles. The number of benzene rings is 4. The van der Waals surface area contributed by atoms with E-state index >= 15 is 0 Å². The second kappa shape index (κ2) is 12.7. The molecule has 52 heavy (non-hydrogen) atoms. The van der Waals surface area contributed by atoms with Crippen LogP contribution in [-0.2, 0) is 0 Å². The van der Waals surface area contributed by atoms with Gasteiger partial charge in [-0.3, -0.25) is 80.9 Å². The maximum atomic E-state index is 12.3. The van der Waals surface area contributed by atoms with Gasteiger partial charge in [0.05, 0.1) is 39.4 Å². The Labute approximate surface area is 277 Å². The molecule has 0 saturated carbocycles. The average molecular weight is 728 g/mol. The lowest BCUT2D eigenvalue weighted by atomic mass is 10.1. The molecule has 4 aromatic carbocycles. The van der Waals surface area contributed by atoms with Crippen LogP contribution >= 0.6 is 0 Å². The molecule has 0 radical (unpaired) electrons. The molecule has 8 aromatic rings. The smallest absolute Gasteiger partial charge is 0.431 e. The van der Waals surface area contributed by atoms with Gasteiger partial charge in [-0.05, 0) is 48.5 Å². The van der Waals surface area contributed by atoms with Crippen molar-refractivity contribution < 1.29 is 57.1 Å². The minimum atomic E-state index is -1.91. The molecule has 8 rings (SSSR count). The van der Waals surface area contributed by atoms with Gasteiger partial charge in [0.1, 0.15) is 22.3 Å². The van der Waals surface area contributed by atoms with E-state index in [-0.39, 0.29) is 0 Å². The van der Waals surface area contributed by atoms with E-state index in [2.05, 4.69) is 0 Å². The summed E-state index contributed by atoms with van der Waals surface area (Å²) in [7, 11) is 0. The fraction of sp³-hybridized carbons (Fsp3) is 0. The van der Waals surface area contributed by atoms with E-state index < -0.39 is 130 Å². The maximum Gasteiger partial charge on any atom is 0.431 e. The van der Waals surface area contributed by atoms with E-state index in [0.29, 0.717) is 48.5 Å². The summed E-state index contributed by atoms with van der Waals surface area (Å²) in [6.45, 7) is 0. The molecular formula is C24H8N8O20. The van der Waals surface area contributed by atoms with Crippen molar-refractivity contribution in [2.24, 2.45) is 0 Å². The van der Waals surface area contributed by atoms with E-state index in [9.17, 15) is 80.9 Å². The summed E-state index contributed by atoms with van der Waals surface area (Å²) >= 11 is 0. The highest BCUT2D eigenvalue weighted by Gasteiger charge is 2.50. The molecule has 0 fully saturated rings. The molecule has 0 spiro atoms. The lowest BCUT2D eigenvalue weighted by Crippen LogP contribution is -2.05. The third kappa shape index (κ3) is 5.82. The van der Waals surface area contributed by atoms with Crippen molar-refractivity contribution in [1.29, 1.82) is 0 Å². The van der Waals surface area contributed by atoms with E-state index in [4.69, 9.17) is 17.7 Å². The van der Waals surface area contributed by atoms with Crippen molar-refractivity contribution in [2.45, 2.75) is 0 Å². The summed E-state index contributed by atoms with van der Waals surface area (Å²) < 4.78 is 21.1. The monoisotopic (exact) mass is 728 g/mol. The largest absolute Gasteiger partial charge is 0.444 e. The normalized spacial score (nSPS) is 10.8. The third-order valence-electron chi connectivity index (χ3n) is 6.61. The Hall–Kier alpha value is -8.72. The Morgan fingerprint density at radius 2 is 0.423 bits per heavy atom. The van der Waals surface area contributed by atoms with Gasteiger partial charge in [0.25, 0.3) is 22.3 Å². The number of rotatable bonds is 8. The molecule has 0 atom stereocenters. The molecule has 28 nitrogen and oxygen atoms in total. The van der Waals surface area contributed by atoms with Crippen molar-refractivity contribution in [3.63, 3.8) is 0 Å². The minimum absolute atomic E-state index is 0.694. The molecule has 4 aromatic heterocycles. The van der Waals surface area contributed by atoms with Crippen LogP contribution in [-0.4, -0.2) is 39.4 Å². The van der Waals surface area contributed by atoms with Gasteiger partial charge < -0.3 is 17.7 Å². The number of hydrogen-bond donors (Lipinski definition) is 0. The zero-order chi connectivity index (χ0) is 38.3. The second-order valence-corrected chi connectivity index (χ2v) is 9.51. The Morgan fingerprint density at radius 1 is 0.269 bits per heavy atom. The van der Waals surface area contributed by atoms with Crippen LogP contribution in [0.25, 0.3) is 44.7 Å². The first-order chi connectivity index (χ1) is 24.4. The van der Waals surface area contributed by atoms with Crippen LogP contribution in [0, 0.1) is 80.9 Å². The molecule has 0 aliphatic carbocycles. The van der Waals surface area contributed by atoms with Crippen LogP contribution in [0.4, 0.5) is 45.5 Å². The molecule has 0 amide bonds. The van der Waals surface area contributed by atoms with Crippen LogP contribution in [0.15, 0.2) is 66.2 Å². The summed E-state index contributed by atoms with van der Waals surface area (Å²) in [5, 5.41) is 96.9. The molecular weight excluding hydrogens is 720 g/mol. The number of nitro groups is 8. The summed E-state index contributed by atoms with van der Waals surface area (Å²) in [5.41, 5.74) is -23.6. The standard InChI is InChI=1S/C24H8N8O20/c33-25(34)13-15(27(37)38)21-19(31(45)46)23(17(13)29(41)42)51-11-5-7-12(8-6-11)52-24-18(30(43)44)14(26(35)36)16(28(39)40)22(20(24)32(47)48)50-10-2-1-9(49-21)3-4-10/h1-8H. The van der Waals surface area contributed by atoms with Crippen LogP contribution in [0.3, 0.4) is 0 Å².